The van der Waals surface area contributed by atoms with Crippen molar-refractivity contribution in [1.82, 2.24) is 55.3 Å². The number of ether oxygens (including phenoxy) is 1. The molecule has 0 spiro atoms. The lowest BCUT2D eigenvalue weighted by Crippen LogP contribution is -2.54. The predicted molar refractivity (Wildman–Crippen MR) is 282 cm³/mol. The quantitative estimate of drug-likeness (QED) is 0.0317. The molecule has 2 aliphatic heterocycles. The van der Waals surface area contributed by atoms with Crippen molar-refractivity contribution < 1.29 is 38.3 Å². The van der Waals surface area contributed by atoms with Crippen LogP contribution in [0.3, 0.4) is 0 Å². The molecule has 0 unspecified atom stereocenters. The lowest BCUT2D eigenvalue weighted by atomic mass is 9.99. The fraction of sp³-hybridized carbons (Fsp3) is 0.352. The molecule has 22 heteroatoms. The fourth-order valence-corrected chi connectivity index (χ4v) is 8.91. The molecule has 0 bridgehead atoms. The van der Waals surface area contributed by atoms with E-state index in [9.17, 15) is 33.6 Å². The molecule has 8 amide bonds. The van der Waals surface area contributed by atoms with Gasteiger partial charge in [0, 0.05) is 73.6 Å². The van der Waals surface area contributed by atoms with Gasteiger partial charge in [-0.25, -0.2) is 24.1 Å². The zero-order valence-electron chi connectivity index (χ0n) is 42.6. The Balaban J connectivity index is 0.804. The molecule has 2 atom stereocenters. The Hall–Kier alpha value is -8.95. The van der Waals surface area contributed by atoms with E-state index in [1.54, 1.807) is 47.5 Å². The number of aryl methyl sites for hydroxylation is 1. The maximum Gasteiger partial charge on any atom is 0.410 e. The average Bonchev–Trinajstić information content (AvgIpc) is 4.15. The average molecular weight is 1040 g/mol. The number of amides is 8. The van der Waals surface area contributed by atoms with Crippen molar-refractivity contribution in [3.8, 4) is 22.6 Å². The highest BCUT2D eigenvalue weighted by Gasteiger charge is 2.30. The van der Waals surface area contributed by atoms with Crippen LogP contribution in [0.4, 0.5) is 21.0 Å². The molecule has 0 fully saturated rings. The van der Waals surface area contributed by atoms with E-state index in [0.717, 1.165) is 61.5 Å². The molecule has 8 rings (SSSR count). The minimum absolute atomic E-state index is 0.00330. The number of imidazole rings is 1. The largest absolute Gasteiger partial charge is 0.445 e. The Labute approximate surface area is 438 Å². The first-order valence-corrected chi connectivity index (χ1v) is 25.3. The monoisotopic (exact) mass is 1030 g/mol. The highest BCUT2D eigenvalue weighted by molar-refractivity contribution is 6.12. The molecule has 22 nitrogen and oxygen atoms in total. The third-order valence-corrected chi connectivity index (χ3v) is 13.0. The summed E-state index contributed by atoms with van der Waals surface area (Å²) in [6.07, 6.45) is 8.23. The molecule has 6 heterocycles. The number of hydrogen-bond acceptors (Lipinski definition) is 13. The Kier molecular flexibility index (Phi) is 17.4. The van der Waals surface area contributed by atoms with Gasteiger partial charge in [0.15, 0.2) is 5.65 Å². The number of nitrogens with one attached hydrogen (secondary N) is 6. The molecule has 76 heavy (non-hydrogen) atoms. The van der Waals surface area contributed by atoms with Crippen LogP contribution in [0, 0.1) is 12.8 Å². The third-order valence-electron chi connectivity index (χ3n) is 13.0. The number of pyridine rings is 2. The normalized spacial score (nSPS) is 13.8. The number of nitrogens with two attached hydrogens (primary N) is 1. The van der Waals surface area contributed by atoms with Gasteiger partial charge in [-0.3, -0.25) is 33.9 Å². The summed E-state index contributed by atoms with van der Waals surface area (Å²) >= 11 is 0. The second-order valence-corrected chi connectivity index (χ2v) is 19.1. The van der Waals surface area contributed by atoms with E-state index >= 15 is 0 Å². The van der Waals surface area contributed by atoms with Crippen molar-refractivity contribution in [2.45, 2.75) is 97.5 Å². The van der Waals surface area contributed by atoms with Gasteiger partial charge in [-0.15, -0.1) is 0 Å². The molecule has 0 aliphatic carbocycles. The van der Waals surface area contributed by atoms with Gasteiger partial charge in [0.1, 0.15) is 30.8 Å². The number of fused-ring (bicyclic) bond motifs is 2. The van der Waals surface area contributed by atoms with Crippen molar-refractivity contribution >= 4 is 58.7 Å². The van der Waals surface area contributed by atoms with Crippen LogP contribution in [0.15, 0.2) is 97.5 Å². The molecule has 6 aromatic rings. The first-order valence-electron chi connectivity index (χ1n) is 25.3. The summed E-state index contributed by atoms with van der Waals surface area (Å²) in [6.45, 7) is 7.21. The number of aromatic amines is 1. The Morgan fingerprint density at radius 1 is 0.855 bits per heavy atom. The van der Waals surface area contributed by atoms with Crippen LogP contribution < -0.4 is 32.3 Å². The molecule has 0 radical (unpaired) electrons. The molecule has 2 aliphatic rings. The lowest BCUT2D eigenvalue weighted by Gasteiger charge is -2.28. The summed E-state index contributed by atoms with van der Waals surface area (Å²) in [7, 11) is 0. The standard InChI is InChI=1S/C54H62N14O8/c1-33(2)48(65-45(69)12-5-4-6-25-67-46(70)21-22-47(67)71)52(73)62-42(11-8-24-56-53(55)74)51(72)61-39-17-13-35(14-18-39)31-76-54(75)66-26-23-36-27-40(19-15-37(36)29-66)57-28-43-63-49(38-16-20-44-58-32-59-68(44)30-38)50(64-43)41-10-7-9-34(3)60-41/h7,9-10,13-22,27,30,32-33,42,48,57H,4-6,8,11-12,23-26,28-29,31H2,1-3H3,(H,61,72)(H,62,73)(H,63,64)(H,65,69)(H3,55,56,74)/t42-,48-/m0/s1. The van der Waals surface area contributed by atoms with Gasteiger partial charge < -0.3 is 46.9 Å². The van der Waals surface area contributed by atoms with Crippen molar-refractivity contribution in [3.05, 3.63) is 126 Å². The minimum atomic E-state index is -1.04. The van der Waals surface area contributed by atoms with E-state index in [-0.39, 0.29) is 56.2 Å². The number of H-pyrrole nitrogens is 1. The molecule has 2 aromatic carbocycles. The number of benzene rings is 2. The molecule has 0 saturated heterocycles. The molecule has 396 valence electrons. The van der Waals surface area contributed by atoms with E-state index in [4.69, 9.17) is 20.4 Å². The van der Waals surface area contributed by atoms with E-state index < -0.39 is 36.0 Å². The highest BCUT2D eigenvalue weighted by Crippen LogP contribution is 2.30. The van der Waals surface area contributed by atoms with Crippen LogP contribution >= 0.6 is 0 Å². The summed E-state index contributed by atoms with van der Waals surface area (Å²) in [4.78, 5) is 109. The topological polar surface area (TPSA) is 293 Å². The highest BCUT2D eigenvalue weighted by atomic mass is 16.6. The van der Waals surface area contributed by atoms with Crippen LogP contribution in [0.2, 0.25) is 0 Å². The van der Waals surface area contributed by atoms with Crippen LogP contribution in [-0.4, -0.2) is 113 Å². The van der Waals surface area contributed by atoms with Crippen molar-refractivity contribution in [2.75, 3.05) is 30.3 Å². The van der Waals surface area contributed by atoms with Gasteiger partial charge in [-0.1, -0.05) is 44.5 Å². The molecular weight excluding hydrogens is 973 g/mol. The number of aromatic nitrogens is 6. The minimum Gasteiger partial charge on any atom is -0.445 e. The summed E-state index contributed by atoms with van der Waals surface area (Å²) < 4.78 is 7.43. The third kappa shape index (κ3) is 14.0. The summed E-state index contributed by atoms with van der Waals surface area (Å²) in [5, 5.41) is 18.7. The second kappa shape index (κ2) is 24.9. The molecule has 4 aromatic heterocycles. The first-order chi connectivity index (χ1) is 36.7. The van der Waals surface area contributed by atoms with Gasteiger partial charge in [0.05, 0.1) is 23.6 Å². The lowest BCUT2D eigenvalue weighted by molar-refractivity contribution is -0.137. The fourth-order valence-electron chi connectivity index (χ4n) is 8.91. The zero-order valence-corrected chi connectivity index (χ0v) is 42.6. The molecule has 8 N–H and O–H groups in total. The number of imide groups is 1. The number of rotatable bonds is 23. The Morgan fingerprint density at radius 3 is 2.41 bits per heavy atom. The smallest absolute Gasteiger partial charge is 0.410 e. The number of nitrogens with zero attached hydrogens (tertiary/aromatic N) is 7. The van der Waals surface area contributed by atoms with E-state index in [1.807, 2.05) is 55.6 Å². The number of carbonyl (C=O) groups excluding carboxylic acids is 7. The number of unbranched alkanes of at least 4 members (excludes halogenated alkanes) is 2. The number of hydrogen-bond donors (Lipinski definition) is 7. The van der Waals surface area contributed by atoms with Gasteiger partial charge in [0.2, 0.25) is 17.7 Å². The van der Waals surface area contributed by atoms with E-state index in [0.29, 0.717) is 63.0 Å². The predicted octanol–water partition coefficient (Wildman–Crippen LogP) is 5.29. The van der Waals surface area contributed by atoms with Crippen molar-refractivity contribution in [1.29, 1.82) is 0 Å². The number of primary amides is 1. The van der Waals surface area contributed by atoms with Crippen LogP contribution in [0.25, 0.3) is 28.3 Å². The maximum absolute atomic E-state index is 13.7. The molecular formula is C54H62N14O8. The Morgan fingerprint density at radius 2 is 1.64 bits per heavy atom. The number of carbonyl (C=O) groups is 7. The van der Waals surface area contributed by atoms with Crippen LogP contribution in [0.5, 0.6) is 0 Å². The van der Waals surface area contributed by atoms with E-state index in [2.05, 4.69) is 47.7 Å². The maximum atomic E-state index is 13.7. The summed E-state index contributed by atoms with van der Waals surface area (Å²) in [5.74, 6) is -1.73. The summed E-state index contributed by atoms with van der Waals surface area (Å²) in [6, 6.07) is 19.9. The molecule has 0 saturated carbocycles. The van der Waals surface area contributed by atoms with E-state index in [1.165, 1.54) is 18.5 Å². The van der Waals surface area contributed by atoms with Gasteiger partial charge in [0.25, 0.3) is 11.8 Å². The number of anilines is 2. The van der Waals surface area contributed by atoms with Crippen LogP contribution in [-0.2, 0) is 54.8 Å². The van der Waals surface area contributed by atoms with Crippen molar-refractivity contribution in [2.24, 2.45) is 11.7 Å². The zero-order chi connectivity index (χ0) is 53.7. The number of urea groups is 1. The van der Waals surface area contributed by atoms with Gasteiger partial charge in [-0.05, 0) is 110 Å². The SMILES string of the molecule is Cc1cccc(-c2[nH]c(CNc3ccc4c(c3)CCN(C(=O)OCc3ccc(NC(=O)[C@H](CCCNC(N)=O)NC(=O)[C@@H](NC(=O)CCCCCN5C(=O)C=CC5=O)C(C)C)cc3)C4)nc2-c2ccc3ncnn3c2)n1. The van der Waals surface area contributed by atoms with Gasteiger partial charge >= 0.3 is 12.1 Å². The second-order valence-electron chi connectivity index (χ2n) is 19.1. The van der Waals surface area contributed by atoms with Crippen LogP contribution in [0.1, 0.15) is 80.6 Å². The Bertz CT molecular complexity index is 3110. The van der Waals surface area contributed by atoms with Gasteiger partial charge in [-0.2, -0.15) is 5.10 Å². The summed E-state index contributed by atoms with van der Waals surface area (Å²) in [5.41, 5.74) is 14.2. The van der Waals surface area contributed by atoms with Crippen molar-refractivity contribution in [3.63, 3.8) is 0 Å². The first kappa shape index (κ1) is 53.3.